The highest BCUT2D eigenvalue weighted by molar-refractivity contribution is 9.10. The fourth-order valence-corrected chi connectivity index (χ4v) is 1.74. The number of aromatic nitrogens is 1. The highest BCUT2D eigenvalue weighted by Crippen LogP contribution is 2.21. The van der Waals surface area contributed by atoms with Crippen LogP contribution in [-0.2, 0) is 6.61 Å². The van der Waals surface area contributed by atoms with Crippen molar-refractivity contribution >= 4 is 21.8 Å². The van der Waals surface area contributed by atoms with Gasteiger partial charge in [0.25, 0.3) is 0 Å². The zero-order valence-electron chi connectivity index (χ0n) is 10.3. The van der Waals surface area contributed by atoms with Crippen molar-refractivity contribution < 1.29 is 14.3 Å². The van der Waals surface area contributed by atoms with Gasteiger partial charge in [-0.2, -0.15) is 0 Å². The highest BCUT2D eigenvalue weighted by atomic mass is 79.9. The summed E-state index contributed by atoms with van der Waals surface area (Å²) in [6, 6.07) is 7.86. The summed E-state index contributed by atoms with van der Waals surface area (Å²) >= 11 is 3.07. The van der Waals surface area contributed by atoms with E-state index in [0.29, 0.717) is 15.9 Å². The zero-order valence-corrected chi connectivity index (χ0v) is 11.8. The van der Waals surface area contributed by atoms with Crippen LogP contribution in [0.1, 0.15) is 11.3 Å². The fourth-order valence-electron chi connectivity index (χ4n) is 1.49. The van der Waals surface area contributed by atoms with Gasteiger partial charge in [0.15, 0.2) is 5.84 Å². The lowest BCUT2D eigenvalue weighted by molar-refractivity contribution is 0.304. The van der Waals surface area contributed by atoms with Crippen LogP contribution in [0.4, 0.5) is 4.39 Å². The SMILES string of the molecule is NC(=NO)c1cc(COc2ccc(Br)c(F)c2)ccn1. The summed E-state index contributed by atoms with van der Waals surface area (Å²) < 4.78 is 19.2. The van der Waals surface area contributed by atoms with Crippen molar-refractivity contribution in [2.45, 2.75) is 6.61 Å². The largest absolute Gasteiger partial charge is 0.489 e. The van der Waals surface area contributed by atoms with E-state index in [9.17, 15) is 4.39 Å². The third-order valence-corrected chi connectivity index (χ3v) is 3.13. The van der Waals surface area contributed by atoms with Crippen molar-refractivity contribution in [1.82, 2.24) is 4.98 Å². The highest BCUT2D eigenvalue weighted by Gasteiger charge is 2.05. The van der Waals surface area contributed by atoms with Gasteiger partial charge in [0, 0.05) is 12.3 Å². The summed E-state index contributed by atoms with van der Waals surface area (Å²) in [4.78, 5) is 3.95. The quantitative estimate of drug-likeness (QED) is 0.388. The van der Waals surface area contributed by atoms with E-state index in [1.165, 1.54) is 12.3 Å². The molecule has 7 heteroatoms. The minimum atomic E-state index is -0.394. The summed E-state index contributed by atoms with van der Waals surface area (Å²) in [5.41, 5.74) is 6.56. The first-order chi connectivity index (χ1) is 9.60. The van der Waals surface area contributed by atoms with E-state index in [1.54, 1.807) is 24.3 Å². The predicted octanol–water partition coefficient (Wildman–Crippen LogP) is 2.66. The fraction of sp³-hybridized carbons (Fsp3) is 0.0769. The third kappa shape index (κ3) is 3.45. The molecule has 0 aliphatic heterocycles. The lowest BCUT2D eigenvalue weighted by Gasteiger charge is -2.07. The van der Waals surface area contributed by atoms with Crippen LogP contribution >= 0.6 is 15.9 Å². The van der Waals surface area contributed by atoms with Crippen molar-refractivity contribution in [2.75, 3.05) is 0 Å². The van der Waals surface area contributed by atoms with Crippen molar-refractivity contribution in [2.24, 2.45) is 10.9 Å². The molecule has 0 saturated heterocycles. The third-order valence-electron chi connectivity index (χ3n) is 2.49. The number of oxime groups is 1. The van der Waals surface area contributed by atoms with E-state index in [-0.39, 0.29) is 12.4 Å². The Balaban J connectivity index is 2.09. The summed E-state index contributed by atoms with van der Waals surface area (Å²) in [6.45, 7) is 0.218. The molecule has 1 heterocycles. The number of nitrogens with two attached hydrogens (primary N) is 1. The molecule has 0 fully saturated rings. The average Bonchev–Trinajstić information content (AvgIpc) is 2.48. The van der Waals surface area contributed by atoms with Crippen LogP contribution in [0.2, 0.25) is 0 Å². The molecule has 1 aromatic heterocycles. The van der Waals surface area contributed by atoms with Gasteiger partial charge in [0.2, 0.25) is 0 Å². The zero-order chi connectivity index (χ0) is 14.5. The lowest BCUT2D eigenvalue weighted by atomic mass is 10.2. The number of ether oxygens (including phenoxy) is 1. The van der Waals surface area contributed by atoms with Crippen molar-refractivity contribution in [3.63, 3.8) is 0 Å². The molecule has 0 aliphatic rings. The smallest absolute Gasteiger partial charge is 0.188 e. The van der Waals surface area contributed by atoms with Crippen LogP contribution in [0.15, 0.2) is 46.2 Å². The number of pyridine rings is 1. The summed E-state index contributed by atoms with van der Waals surface area (Å²) in [5, 5.41) is 11.5. The molecule has 0 aliphatic carbocycles. The second kappa shape index (κ2) is 6.33. The number of rotatable bonds is 4. The Morgan fingerprint density at radius 3 is 2.90 bits per heavy atom. The Morgan fingerprint density at radius 2 is 2.20 bits per heavy atom. The molecule has 2 rings (SSSR count). The number of hydrogen-bond acceptors (Lipinski definition) is 4. The van der Waals surface area contributed by atoms with Gasteiger partial charge >= 0.3 is 0 Å². The number of halogens is 2. The summed E-state index contributed by atoms with van der Waals surface area (Å²) in [6.07, 6.45) is 1.52. The minimum Gasteiger partial charge on any atom is -0.489 e. The first kappa shape index (κ1) is 14.3. The standard InChI is InChI=1S/C13H11BrFN3O2/c14-10-2-1-9(6-11(10)15)20-7-8-3-4-17-12(5-8)13(16)18-19/h1-6,19H,7H2,(H2,16,18). The van der Waals surface area contributed by atoms with Crippen LogP contribution in [0.25, 0.3) is 0 Å². The Morgan fingerprint density at radius 1 is 1.40 bits per heavy atom. The van der Waals surface area contributed by atoms with Crippen LogP contribution in [0.5, 0.6) is 5.75 Å². The number of nitrogens with zero attached hydrogens (tertiary/aromatic N) is 2. The topological polar surface area (TPSA) is 80.7 Å². The first-order valence-electron chi connectivity index (χ1n) is 5.61. The molecule has 3 N–H and O–H groups in total. The average molecular weight is 340 g/mol. The second-order valence-corrected chi connectivity index (χ2v) is 4.75. The molecule has 0 saturated carbocycles. The van der Waals surface area contributed by atoms with E-state index in [2.05, 4.69) is 26.1 Å². The molecular formula is C13H11BrFN3O2. The van der Waals surface area contributed by atoms with Crippen molar-refractivity contribution in [3.05, 3.63) is 58.1 Å². The molecule has 0 radical (unpaired) electrons. The molecule has 104 valence electrons. The maximum atomic E-state index is 13.3. The Kier molecular flexibility index (Phi) is 4.52. The van der Waals surface area contributed by atoms with Gasteiger partial charge in [-0.05, 0) is 45.8 Å². The van der Waals surface area contributed by atoms with Crippen LogP contribution in [0, 0.1) is 5.82 Å². The second-order valence-electron chi connectivity index (χ2n) is 3.90. The maximum Gasteiger partial charge on any atom is 0.188 e. The van der Waals surface area contributed by atoms with Crippen LogP contribution < -0.4 is 10.5 Å². The normalized spacial score (nSPS) is 11.4. The number of hydrogen-bond donors (Lipinski definition) is 2. The number of benzene rings is 1. The van der Waals surface area contributed by atoms with Gasteiger partial charge in [-0.3, -0.25) is 4.98 Å². The molecule has 0 unspecified atom stereocenters. The molecule has 0 bridgehead atoms. The van der Waals surface area contributed by atoms with Gasteiger partial charge < -0.3 is 15.7 Å². The monoisotopic (exact) mass is 339 g/mol. The van der Waals surface area contributed by atoms with Crippen molar-refractivity contribution in [3.8, 4) is 5.75 Å². The maximum absolute atomic E-state index is 13.3. The van der Waals surface area contributed by atoms with Gasteiger partial charge in [0.1, 0.15) is 23.9 Å². The van der Waals surface area contributed by atoms with E-state index in [0.717, 1.165) is 5.56 Å². The molecule has 20 heavy (non-hydrogen) atoms. The van der Waals surface area contributed by atoms with Crippen LogP contribution in [-0.4, -0.2) is 16.0 Å². The van der Waals surface area contributed by atoms with Gasteiger partial charge in [-0.15, -0.1) is 0 Å². The van der Waals surface area contributed by atoms with E-state index in [4.69, 9.17) is 15.7 Å². The molecule has 2 aromatic rings. The van der Waals surface area contributed by atoms with E-state index >= 15 is 0 Å². The Labute approximate surface area is 123 Å². The summed E-state index contributed by atoms with van der Waals surface area (Å²) in [7, 11) is 0. The minimum absolute atomic E-state index is 0.0819. The molecule has 0 spiro atoms. The number of amidine groups is 1. The van der Waals surface area contributed by atoms with E-state index < -0.39 is 5.82 Å². The molecular weight excluding hydrogens is 329 g/mol. The van der Waals surface area contributed by atoms with Gasteiger partial charge in [0.05, 0.1) is 4.47 Å². The Hall–Kier alpha value is -2.15. The van der Waals surface area contributed by atoms with Crippen LogP contribution in [0.3, 0.4) is 0 Å². The van der Waals surface area contributed by atoms with Gasteiger partial charge in [-0.1, -0.05) is 5.16 Å². The molecule has 0 atom stereocenters. The molecule has 0 amide bonds. The first-order valence-corrected chi connectivity index (χ1v) is 6.40. The predicted molar refractivity (Wildman–Crippen MR) is 75.2 cm³/mol. The van der Waals surface area contributed by atoms with Gasteiger partial charge in [-0.25, -0.2) is 4.39 Å². The molecule has 5 nitrogen and oxygen atoms in total. The van der Waals surface area contributed by atoms with Crippen molar-refractivity contribution in [1.29, 1.82) is 0 Å². The molecule has 1 aromatic carbocycles. The van der Waals surface area contributed by atoms with E-state index in [1.807, 2.05) is 0 Å². The summed E-state index contributed by atoms with van der Waals surface area (Å²) in [5.74, 6) is -0.0658. The lowest BCUT2D eigenvalue weighted by Crippen LogP contribution is -2.15. The Bertz CT molecular complexity index is 649.